The third kappa shape index (κ3) is 4.95. The number of carboxylic acid groups (broad SMARTS) is 1. The van der Waals surface area contributed by atoms with Gasteiger partial charge in [-0.05, 0) is 66.4 Å². The molecule has 0 aromatic heterocycles. The molecule has 0 spiro atoms. The molecule has 0 unspecified atom stereocenters. The van der Waals surface area contributed by atoms with Gasteiger partial charge in [-0.2, -0.15) is 0 Å². The van der Waals surface area contributed by atoms with Gasteiger partial charge in [0.15, 0.2) is 0 Å². The lowest BCUT2D eigenvalue weighted by atomic mass is 10.0. The van der Waals surface area contributed by atoms with Crippen molar-refractivity contribution in [3.8, 4) is 0 Å². The number of hydrogen-bond donors (Lipinski definition) is 2. The van der Waals surface area contributed by atoms with E-state index in [2.05, 4.69) is 4.72 Å². The molecule has 0 heterocycles. The first-order valence-electron chi connectivity index (χ1n) is 8.53. The number of carbonyl (C=O) groups is 1. The van der Waals surface area contributed by atoms with Gasteiger partial charge in [-0.25, -0.2) is 17.6 Å². The van der Waals surface area contributed by atoms with E-state index in [0.29, 0.717) is 18.5 Å². The number of halogens is 1. The largest absolute Gasteiger partial charge is 0.478 e. The SMILES string of the molecule is O=C(O)c1ccc(CCc2cccc(NS(=O)(=O)c3cccc(F)c3)c2)cc1. The molecular formula is C21H18FNO4S. The second-order valence-electron chi connectivity index (χ2n) is 6.27. The third-order valence-electron chi connectivity index (χ3n) is 4.19. The fourth-order valence-corrected chi connectivity index (χ4v) is 3.82. The zero-order valence-electron chi connectivity index (χ0n) is 14.8. The number of sulfonamides is 1. The Balaban J connectivity index is 1.69. The number of nitrogens with one attached hydrogen (secondary N) is 1. The van der Waals surface area contributed by atoms with E-state index in [1.807, 2.05) is 6.07 Å². The molecule has 0 fully saturated rings. The Hall–Kier alpha value is -3.19. The number of carboxylic acids is 1. The quantitative estimate of drug-likeness (QED) is 0.626. The summed E-state index contributed by atoms with van der Waals surface area (Å²) in [5.41, 5.74) is 2.53. The van der Waals surface area contributed by atoms with E-state index < -0.39 is 21.8 Å². The molecule has 0 saturated carbocycles. The van der Waals surface area contributed by atoms with Gasteiger partial charge in [0.25, 0.3) is 10.0 Å². The highest BCUT2D eigenvalue weighted by Gasteiger charge is 2.15. The molecule has 28 heavy (non-hydrogen) atoms. The summed E-state index contributed by atoms with van der Waals surface area (Å²) >= 11 is 0. The molecule has 0 bridgehead atoms. The van der Waals surface area contributed by atoms with Gasteiger partial charge >= 0.3 is 5.97 Å². The summed E-state index contributed by atoms with van der Waals surface area (Å²) in [4.78, 5) is 10.7. The Kier molecular flexibility index (Phi) is 5.75. The van der Waals surface area contributed by atoms with Crippen molar-refractivity contribution in [2.24, 2.45) is 0 Å². The smallest absolute Gasteiger partial charge is 0.335 e. The van der Waals surface area contributed by atoms with Gasteiger partial charge in [0.1, 0.15) is 5.82 Å². The van der Waals surface area contributed by atoms with E-state index in [1.165, 1.54) is 18.2 Å². The standard InChI is InChI=1S/C21H18FNO4S/c22-18-4-2-6-20(14-18)28(26,27)23-19-5-1-3-16(13-19)8-7-15-9-11-17(12-10-15)21(24)25/h1-6,9-14,23H,7-8H2,(H,24,25). The predicted octanol–water partition coefficient (Wildman–Crippen LogP) is 4.11. The third-order valence-corrected chi connectivity index (χ3v) is 5.57. The van der Waals surface area contributed by atoms with Crippen LogP contribution in [0.4, 0.5) is 10.1 Å². The zero-order valence-corrected chi connectivity index (χ0v) is 15.6. The van der Waals surface area contributed by atoms with Crippen molar-refractivity contribution in [3.63, 3.8) is 0 Å². The number of benzene rings is 3. The Labute approximate surface area is 162 Å². The van der Waals surface area contributed by atoms with E-state index in [9.17, 15) is 17.6 Å². The normalized spacial score (nSPS) is 11.2. The molecule has 5 nitrogen and oxygen atoms in total. The van der Waals surface area contributed by atoms with Gasteiger partial charge in [-0.3, -0.25) is 4.72 Å². The highest BCUT2D eigenvalue weighted by atomic mass is 32.2. The first-order valence-corrected chi connectivity index (χ1v) is 10.0. The topological polar surface area (TPSA) is 83.5 Å². The van der Waals surface area contributed by atoms with Gasteiger partial charge < -0.3 is 5.11 Å². The molecule has 0 aliphatic carbocycles. The van der Waals surface area contributed by atoms with Crippen molar-refractivity contribution in [2.75, 3.05) is 4.72 Å². The predicted molar refractivity (Wildman–Crippen MR) is 104 cm³/mol. The lowest BCUT2D eigenvalue weighted by Crippen LogP contribution is -2.13. The minimum absolute atomic E-state index is 0.142. The van der Waals surface area contributed by atoms with Crippen molar-refractivity contribution >= 4 is 21.7 Å². The monoisotopic (exact) mass is 399 g/mol. The lowest BCUT2D eigenvalue weighted by molar-refractivity contribution is 0.0697. The molecule has 144 valence electrons. The highest BCUT2D eigenvalue weighted by Crippen LogP contribution is 2.19. The van der Waals surface area contributed by atoms with Crippen molar-refractivity contribution in [2.45, 2.75) is 17.7 Å². The summed E-state index contributed by atoms with van der Waals surface area (Å²) in [6.07, 6.45) is 1.34. The number of aromatic carboxylic acids is 1. The van der Waals surface area contributed by atoms with E-state index in [-0.39, 0.29) is 10.5 Å². The van der Waals surface area contributed by atoms with Crippen LogP contribution in [0.2, 0.25) is 0 Å². The van der Waals surface area contributed by atoms with Crippen LogP contribution in [-0.2, 0) is 22.9 Å². The highest BCUT2D eigenvalue weighted by molar-refractivity contribution is 7.92. The molecule has 0 aliphatic rings. The van der Waals surface area contributed by atoms with E-state index in [4.69, 9.17) is 5.11 Å². The summed E-state index contributed by atoms with van der Waals surface area (Å²) in [5, 5.41) is 8.93. The Bertz CT molecular complexity index is 1100. The summed E-state index contributed by atoms with van der Waals surface area (Å²) in [6, 6.07) is 18.4. The van der Waals surface area contributed by atoms with Crippen molar-refractivity contribution in [3.05, 3.63) is 95.3 Å². The average molecular weight is 399 g/mol. The fraction of sp³-hybridized carbons (Fsp3) is 0.0952. The van der Waals surface area contributed by atoms with Crippen molar-refractivity contribution in [1.82, 2.24) is 0 Å². The second-order valence-corrected chi connectivity index (χ2v) is 7.95. The summed E-state index contributed by atoms with van der Waals surface area (Å²) < 4.78 is 40.6. The van der Waals surface area contributed by atoms with Crippen LogP contribution in [0, 0.1) is 5.82 Å². The molecule has 0 saturated heterocycles. The molecule has 3 aromatic carbocycles. The maximum atomic E-state index is 13.3. The van der Waals surface area contributed by atoms with Crippen LogP contribution in [0.15, 0.2) is 77.7 Å². The molecular weight excluding hydrogens is 381 g/mol. The van der Waals surface area contributed by atoms with Gasteiger partial charge in [-0.1, -0.05) is 30.3 Å². The molecule has 0 radical (unpaired) electrons. The van der Waals surface area contributed by atoms with Gasteiger partial charge in [0.2, 0.25) is 0 Å². The van der Waals surface area contributed by atoms with Gasteiger partial charge in [-0.15, -0.1) is 0 Å². The molecule has 0 amide bonds. The summed E-state index contributed by atoms with van der Waals surface area (Å²) in [5.74, 6) is -1.59. The average Bonchev–Trinajstić information content (AvgIpc) is 2.67. The maximum Gasteiger partial charge on any atom is 0.335 e. The Morgan fingerprint density at radius 2 is 1.57 bits per heavy atom. The first-order chi connectivity index (χ1) is 13.3. The second kappa shape index (κ2) is 8.22. The summed E-state index contributed by atoms with van der Waals surface area (Å²) in [6.45, 7) is 0. The van der Waals surface area contributed by atoms with Crippen molar-refractivity contribution in [1.29, 1.82) is 0 Å². The van der Waals surface area contributed by atoms with Gasteiger partial charge in [0, 0.05) is 5.69 Å². The molecule has 2 N–H and O–H groups in total. The Morgan fingerprint density at radius 3 is 2.25 bits per heavy atom. The molecule has 7 heteroatoms. The molecule has 0 aliphatic heterocycles. The minimum atomic E-state index is -3.88. The fourth-order valence-electron chi connectivity index (χ4n) is 2.74. The van der Waals surface area contributed by atoms with E-state index >= 15 is 0 Å². The van der Waals surface area contributed by atoms with E-state index in [1.54, 1.807) is 42.5 Å². The van der Waals surface area contributed by atoms with Crippen LogP contribution in [0.1, 0.15) is 21.5 Å². The number of aryl methyl sites for hydroxylation is 2. The zero-order chi connectivity index (χ0) is 20.1. The van der Waals surface area contributed by atoms with Crippen LogP contribution < -0.4 is 4.72 Å². The maximum absolute atomic E-state index is 13.3. The van der Waals surface area contributed by atoms with Crippen LogP contribution >= 0.6 is 0 Å². The van der Waals surface area contributed by atoms with Crippen LogP contribution in [0.25, 0.3) is 0 Å². The number of rotatable bonds is 7. The first kappa shape index (κ1) is 19.6. The minimum Gasteiger partial charge on any atom is -0.478 e. The van der Waals surface area contributed by atoms with Gasteiger partial charge in [0.05, 0.1) is 10.5 Å². The van der Waals surface area contributed by atoms with Crippen LogP contribution in [-0.4, -0.2) is 19.5 Å². The number of hydrogen-bond acceptors (Lipinski definition) is 3. The Morgan fingerprint density at radius 1 is 0.893 bits per heavy atom. The van der Waals surface area contributed by atoms with Crippen LogP contribution in [0.3, 0.4) is 0 Å². The molecule has 3 rings (SSSR count). The lowest BCUT2D eigenvalue weighted by Gasteiger charge is -2.10. The van der Waals surface area contributed by atoms with Crippen molar-refractivity contribution < 1.29 is 22.7 Å². The van der Waals surface area contributed by atoms with Crippen LogP contribution in [0.5, 0.6) is 0 Å². The molecule has 3 aromatic rings. The summed E-state index contributed by atoms with van der Waals surface area (Å²) in [7, 11) is -3.88. The number of anilines is 1. The van der Waals surface area contributed by atoms with E-state index in [0.717, 1.165) is 17.2 Å². The molecule has 0 atom stereocenters.